The van der Waals surface area contributed by atoms with Gasteiger partial charge in [0.25, 0.3) is 5.91 Å². The van der Waals surface area contributed by atoms with Crippen molar-refractivity contribution in [1.82, 2.24) is 20.1 Å². The molecule has 0 radical (unpaired) electrons. The van der Waals surface area contributed by atoms with Crippen molar-refractivity contribution < 1.29 is 19.4 Å². The number of ether oxygens (including phenoxy) is 1. The molecule has 33 heavy (non-hydrogen) atoms. The highest BCUT2D eigenvalue weighted by molar-refractivity contribution is 7.99. The van der Waals surface area contributed by atoms with Gasteiger partial charge in [0.1, 0.15) is 11.8 Å². The van der Waals surface area contributed by atoms with Gasteiger partial charge in [-0.1, -0.05) is 35.0 Å². The van der Waals surface area contributed by atoms with Crippen LogP contribution in [0.2, 0.25) is 10.0 Å². The highest BCUT2D eigenvalue weighted by Gasteiger charge is 2.22. The third-order valence-electron chi connectivity index (χ3n) is 4.56. The molecular formula is C21H21Cl2N5O4S. The first-order chi connectivity index (χ1) is 15.8. The molecular weight excluding hydrogens is 489 g/mol. The number of aliphatic hydroxyl groups excluding tert-OH is 1. The second kappa shape index (κ2) is 11.4. The van der Waals surface area contributed by atoms with Crippen molar-refractivity contribution in [3.05, 3.63) is 63.9 Å². The fraction of sp³-hybridized carbons (Fsp3) is 0.238. The smallest absolute Gasteiger partial charge is 0.251 e. The third kappa shape index (κ3) is 6.38. The number of benzene rings is 2. The Morgan fingerprint density at radius 2 is 1.91 bits per heavy atom. The number of aliphatic hydroxyl groups is 1. The van der Waals surface area contributed by atoms with Crippen molar-refractivity contribution in [3.63, 3.8) is 0 Å². The van der Waals surface area contributed by atoms with Gasteiger partial charge in [-0.2, -0.15) is 0 Å². The summed E-state index contributed by atoms with van der Waals surface area (Å²) in [6.07, 6.45) is 0. The summed E-state index contributed by atoms with van der Waals surface area (Å²) in [6.45, 7) is -0.381. The van der Waals surface area contributed by atoms with Crippen LogP contribution in [0.5, 0.6) is 5.75 Å². The summed E-state index contributed by atoms with van der Waals surface area (Å²) in [6, 6.07) is 10.6. The number of carbonyl (C=O) groups excluding carboxylic acids is 2. The average molecular weight is 510 g/mol. The Hall–Kier alpha value is -2.79. The van der Waals surface area contributed by atoms with E-state index in [1.807, 2.05) is 0 Å². The van der Waals surface area contributed by atoms with Crippen LogP contribution < -0.4 is 15.4 Å². The van der Waals surface area contributed by atoms with E-state index >= 15 is 0 Å². The van der Waals surface area contributed by atoms with E-state index in [2.05, 4.69) is 20.8 Å². The van der Waals surface area contributed by atoms with E-state index in [0.717, 1.165) is 11.8 Å². The first-order valence-electron chi connectivity index (χ1n) is 9.65. The predicted octanol–water partition coefficient (Wildman–Crippen LogP) is 3.32. The van der Waals surface area contributed by atoms with Crippen LogP contribution in [-0.4, -0.2) is 51.2 Å². The SMILES string of the molecule is COc1ccc(C(=O)N[C@H](CO)c2nnc(SCC(=O)Nc3ccc(Cl)cc3Cl)n2C)cc1. The topological polar surface area (TPSA) is 118 Å². The maximum absolute atomic E-state index is 12.5. The molecule has 9 nitrogen and oxygen atoms in total. The molecule has 174 valence electrons. The zero-order chi connectivity index (χ0) is 24.0. The lowest BCUT2D eigenvalue weighted by atomic mass is 10.2. The van der Waals surface area contributed by atoms with E-state index in [9.17, 15) is 14.7 Å². The molecule has 1 aromatic heterocycles. The Morgan fingerprint density at radius 1 is 1.18 bits per heavy atom. The van der Waals surface area contributed by atoms with Crippen LogP contribution in [0.15, 0.2) is 47.6 Å². The van der Waals surface area contributed by atoms with Gasteiger partial charge in [0.15, 0.2) is 11.0 Å². The molecule has 3 rings (SSSR count). The number of thioether (sulfide) groups is 1. The summed E-state index contributed by atoms with van der Waals surface area (Å²) < 4.78 is 6.70. The van der Waals surface area contributed by atoms with Crippen LogP contribution in [0.3, 0.4) is 0 Å². The van der Waals surface area contributed by atoms with Crippen LogP contribution >= 0.6 is 35.0 Å². The Balaban J connectivity index is 1.61. The fourth-order valence-corrected chi connectivity index (χ4v) is 4.01. The van der Waals surface area contributed by atoms with E-state index in [4.69, 9.17) is 27.9 Å². The number of methoxy groups -OCH3 is 1. The zero-order valence-electron chi connectivity index (χ0n) is 17.7. The first kappa shape index (κ1) is 24.8. The number of hydrogen-bond donors (Lipinski definition) is 3. The lowest BCUT2D eigenvalue weighted by Gasteiger charge is -2.16. The van der Waals surface area contributed by atoms with Crippen molar-refractivity contribution in [3.8, 4) is 5.75 Å². The van der Waals surface area contributed by atoms with Crippen molar-refractivity contribution in [2.75, 3.05) is 24.8 Å². The minimum Gasteiger partial charge on any atom is -0.497 e. The summed E-state index contributed by atoms with van der Waals surface area (Å²) in [7, 11) is 3.23. The summed E-state index contributed by atoms with van der Waals surface area (Å²) in [4.78, 5) is 24.8. The van der Waals surface area contributed by atoms with E-state index in [-0.39, 0.29) is 24.2 Å². The van der Waals surface area contributed by atoms with Crippen LogP contribution in [0, 0.1) is 0 Å². The summed E-state index contributed by atoms with van der Waals surface area (Å²) in [5, 5.41) is 24.6. The van der Waals surface area contributed by atoms with Crippen LogP contribution in [0.4, 0.5) is 5.69 Å². The number of rotatable bonds is 9. The quantitative estimate of drug-likeness (QED) is 0.378. The maximum atomic E-state index is 12.5. The Labute approximate surface area is 204 Å². The molecule has 0 aliphatic carbocycles. The Kier molecular flexibility index (Phi) is 8.56. The summed E-state index contributed by atoms with van der Waals surface area (Å²) >= 11 is 13.1. The molecule has 3 N–H and O–H groups in total. The molecule has 0 aliphatic rings. The van der Waals surface area contributed by atoms with Crippen molar-refractivity contribution in [2.45, 2.75) is 11.2 Å². The van der Waals surface area contributed by atoms with Gasteiger partial charge >= 0.3 is 0 Å². The number of anilines is 1. The van der Waals surface area contributed by atoms with Gasteiger partial charge in [-0.3, -0.25) is 9.59 Å². The zero-order valence-corrected chi connectivity index (χ0v) is 20.0. The summed E-state index contributed by atoms with van der Waals surface area (Å²) in [5.41, 5.74) is 0.857. The third-order valence-corrected chi connectivity index (χ3v) is 6.13. The minimum absolute atomic E-state index is 0.0485. The molecule has 0 bridgehead atoms. The highest BCUT2D eigenvalue weighted by atomic mass is 35.5. The number of aromatic nitrogens is 3. The second-order valence-corrected chi connectivity index (χ2v) is 8.58. The lowest BCUT2D eigenvalue weighted by molar-refractivity contribution is -0.113. The van der Waals surface area contributed by atoms with Crippen LogP contribution in [0.25, 0.3) is 0 Å². The minimum atomic E-state index is -0.784. The van der Waals surface area contributed by atoms with Gasteiger partial charge in [0, 0.05) is 17.6 Å². The Morgan fingerprint density at radius 3 is 2.55 bits per heavy atom. The monoisotopic (exact) mass is 509 g/mol. The van der Waals surface area contributed by atoms with E-state index in [1.54, 1.807) is 48.0 Å². The van der Waals surface area contributed by atoms with E-state index < -0.39 is 6.04 Å². The second-order valence-electron chi connectivity index (χ2n) is 6.80. The van der Waals surface area contributed by atoms with Gasteiger partial charge in [-0.15, -0.1) is 10.2 Å². The molecule has 2 amide bonds. The maximum Gasteiger partial charge on any atom is 0.251 e. The van der Waals surface area contributed by atoms with Gasteiger partial charge in [-0.25, -0.2) is 0 Å². The molecule has 0 saturated carbocycles. The average Bonchev–Trinajstić information content (AvgIpc) is 3.18. The Bertz CT molecular complexity index is 1140. The normalized spacial score (nSPS) is 11.7. The molecule has 0 saturated heterocycles. The standard InChI is InChI=1S/C21H21Cl2N5O4S/c1-28-19(17(10-29)25-20(31)12-3-6-14(32-2)7-4-12)26-27-21(28)33-11-18(30)24-16-8-5-13(22)9-15(16)23/h3-9,17,29H,10-11H2,1-2H3,(H,24,30)(H,25,31)/t17-/m1/s1. The van der Waals surface area contributed by atoms with Crippen LogP contribution in [0.1, 0.15) is 22.2 Å². The van der Waals surface area contributed by atoms with Gasteiger partial charge in [0.05, 0.1) is 30.2 Å². The predicted molar refractivity (Wildman–Crippen MR) is 127 cm³/mol. The number of amides is 2. The molecule has 0 fully saturated rings. The van der Waals surface area contributed by atoms with Gasteiger partial charge in [-0.05, 0) is 42.5 Å². The van der Waals surface area contributed by atoms with Crippen molar-refractivity contribution in [1.29, 1.82) is 0 Å². The molecule has 0 spiro atoms. The molecule has 3 aromatic rings. The number of hydrogen-bond acceptors (Lipinski definition) is 7. The lowest BCUT2D eigenvalue weighted by Crippen LogP contribution is -2.32. The van der Waals surface area contributed by atoms with Gasteiger partial charge in [0.2, 0.25) is 5.91 Å². The summed E-state index contributed by atoms with van der Waals surface area (Å²) in [5.74, 6) is 0.353. The number of nitrogens with zero attached hydrogens (tertiary/aromatic N) is 3. The molecule has 2 aromatic carbocycles. The molecule has 1 heterocycles. The van der Waals surface area contributed by atoms with E-state index in [0.29, 0.717) is 38.0 Å². The highest BCUT2D eigenvalue weighted by Crippen LogP contribution is 2.26. The largest absolute Gasteiger partial charge is 0.497 e. The fourth-order valence-electron chi connectivity index (χ4n) is 2.84. The number of halogens is 2. The van der Waals surface area contributed by atoms with Crippen molar-refractivity contribution in [2.24, 2.45) is 7.05 Å². The first-order valence-corrected chi connectivity index (χ1v) is 11.4. The number of nitrogens with one attached hydrogen (secondary N) is 2. The molecule has 0 aliphatic heterocycles. The van der Waals surface area contributed by atoms with Crippen LogP contribution in [-0.2, 0) is 11.8 Å². The van der Waals surface area contributed by atoms with Crippen molar-refractivity contribution >= 4 is 52.5 Å². The molecule has 1 atom stereocenters. The van der Waals surface area contributed by atoms with E-state index in [1.165, 1.54) is 13.2 Å². The molecule has 0 unspecified atom stereocenters. The van der Waals surface area contributed by atoms with Gasteiger partial charge < -0.3 is 25.0 Å². The molecule has 12 heteroatoms. The number of carbonyl (C=O) groups is 2.